The number of carbonyl (C=O) groups is 1. The van der Waals surface area contributed by atoms with E-state index in [0.29, 0.717) is 0 Å². The average Bonchev–Trinajstić information content (AvgIpc) is 1.67. The van der Waals surface area contributed by atoms with E-state index in [0.717, 1.165) is 0 Å². The highest BCUT2D eigenvalue weighted by Gasteiger charge is 1.73. The molecule has 0 saturated carbocycles. The Morgan fingerprint density at radius 3 is 2.11 bits per heavy atom. The minimum absolute atomic E-state index is 0.579. The summed E-state index contributed by atoms with van der Waals surface area (Å²) >= 11 is 1.74. The number of carbonyl (C=O) groups excluding carboxylic acids is 1. The molecule has 3 nitrogen and oxygen atoms in total. The summed E-state index contributed by atoms with van der Waals surface area (Å²) < 4.78 is 2.31. The predicted molar refractivity (Wildman–Crippen MR) is 42.3 cm³/mol. The van der Waals surface area contributed by atoms with Crippen molar-refractivity contribution in [2.75, 3.05) is 0 Å². The molecule has 0 atom stereocenters. The van der Waals surface area contributed by atoms with E-state index >= 15 is 0 Å². The standard InChI is InChI=1S/C3H2INO.C2H3N/c4-2-1-3(5)6;1-2-3/h(H2,5,6);1H3. The van der Waals surface area contributed by atoms with Crippen LogP contribution in [0, 0.1) is 21.2 Å². The second-order valence-corrected chi connectivity index (χ2v) is 1.35. The molecule has 48 valence electrons. The Morgan fingerprint density at radius 1 is 1.78 bits per heavy atom. The fraction of sp³-hybridized carbons (Fsp3) is 0.200. The van der Waals surface area contributed by atoms with E-state index in [1.807, 2.05) is 0 Å². The fourth-order valence-corrected chi connectivity index (χ4v) is 0.312. The molecular formula is C5H5IN2O. The molecule has 0 rings (SSSR count). The minimum atomic E-state index is -0.579. The number of rotatable bonds is 0. The SMILES string of the molecule is CC#N.NC(=O)C#CI. The molecule has 9 heavy (non-hydrogen) atoms. The monoisotopic (exact) mass is 236 g/mol. The second kappa shape index (κ2) is 10.3. The van der Waals surface area contributed by atoms with Crippen molar-refractivity contribution in [2.45, 2.75) is 6.92 Å². The lowest BCUT2D eigenvalue weighted by molar-refractivity contribution is -0.112. The van der Waals surface area contributed by atoms with Crippen molar-refractivity contribution >= 4 is 28.5 Å². The molecule has 0 heterocycles. The van der Waals surface area contributed by atoms with Crippen molar-refractivity contribution in [1.29, 1.82) is 5.26 Å². The summed E-state index contributed by atoms with van der Waals surface area (Å²) in [6.07, 6.45) is 0. The Labute approximate surface area is 67.4 Å². The van der Waals surface area contributed by atoms with Gasteiger partial charge in [-0.2, -0.15) is 5.26 Å². The number of hydrogen-bond acceptors (Lipinski definition) is 2. The van der Waals surface area contributed by atoms with E-state index in [1.165, 1.54) is 6.92 Å². The number of nitriles is 1. The van der Waals surface area contributed by atoms with Gasteiger partial charge in [-0.3, -0.25) is 4.79 Å². The summed E-state index contributed by atoms with van der Waals surface area (Å²) in [4.78, 5) is 9.64. The van der Waals surface area contributed by atoms with Crippen molar-refractivity contribution in [3.05, 3.63) is 0 Å². The van der Waals surface area contributed by atoms with E-state index in [1.54, 1.807) is 28.7 Å². The fourth-order valence-electron chi connectivity index (χ4n) is 0.0466. The van der Waals surface area contributed by atoms with Gasteiger partial charge in [-0.15, -0.1) is 0 Å². The second-order valence-electron chi connectivity index (χ2n) is 0.807. The highest BCUT2D eigenvalue weighted by molar-refractivity contribution is 14.1. The van der Waals surface area contributed by atoms with Gasteiger partial charge in [0.15, 0.2) is 0 Å². The zero-order valence-corrected chi connectivity index (χ0v) is 6.97. The number of hydrogen-bond donors (Lipinski definition) is 1. The molecule has 0 bridgehead atoms. The molecule has 0 saturated heterocycles. The lowest BCUT2D eigenvalue weighted by Crippen LogP contribution is -2.05. The van der Waals surface area contributed by atoms with Crippen LogP contribution in [0.25, 0.3) is 0 Å². The smallest absolute Gasteiger partial charge is 0.294 e. The first kappa shape index (κ1) is 11.1. The normalized spacial score (nSPS) is 4.56. The van der Waals surface area contributed by atoms with Gasteiger partial charge in [0.1, 0.15) is 0 Å². The van der Waals surface area contributed by atoms with Crippen LogP contribution in [-0.4, -0.2) is 5.91 Å². The van der Waals surface area contributed by atoms with Crippen LogP contribution in [0.3, 0.4) is 0 Å². The van der Waals surface area contributed by atoms with Gasteiger partial charge >= 0.3 is 0 Å². The molecule has 0 aliphatic carbocycles. The van der Waals surface area contributed by atoms with Crippen LogP contribution in [0.15, 0.2) is 0 Å². The molecule has 0 aromatic heterocycles. The summed E-state index contributed by atoms with van der Waals surface area (Å²) in [6, 6.07) is 1.75. The Hall–Kier alpha value is -0.750. The molecule has 0 aliphatic rings. The van der Waals surface area contributed by atoms with Crippen molar-refractivity contribution in [3.63, 3.8) is 0 Å². The Kier molecular flexibility index (Phi) is 12.7. The van der Waals surface area contributed by atoms with Gasteiger partial charge in [-0.1, -0.05) is 0 Å². The van der Waals surface area contributed by atoms with Gasteiger partial charge in [0, 0.05) is 35.4 Å². The first-order valence-electron chi connectivity index (χ1n) is 1.91. The van der Waals surface area contributed by atoms with Gasteiger partial charge in [0.2, 0.25) is 0 Å². The maximum absolute atomic E-state index is 9.64. The average molecular weight is 236 g/mol. The Bertz CT molecular complexity index is 172. The summed E-state index contributed by atoms with van der Waals surface area (Å²) in [5.41, 5.74) is 4.59. The van der Waals surface area contributed by atoms with Crippen LogP contribution in [0.1, 0.15) is 6.92 Å². The third-order valence-corrected chi connectivity index (χ3v) is 0.440. The first-order valence-corrected chi connectivity index (χ1v) is 2.98. The molecule has 0 aromatic rings. The third kappa shape index (κ3) is 39.5. The summed E-state index contributed by atoms with van der Waals surface area (Å²) in [6.45, 7) is 1.43. The highest BCUT2D eigenvalue weighted by atomic mass is 127. The maximum atomic E-state index is 9.64. The van der Waals surface area contributed by atoms with Crippen LogP contribution in [-0.2, 0) is 4.79 Å². The maximum Gasteiger partial charge on any atom is 0.294 e. The van der Waals surface area contributed by atoms with Crippen LogP contribution in [0.5, 0.6) is 0 Å². The number of amides is 1. The lowest BCUT2D eigenvalue weighted by Gasteiger charge is -1.63. The number of halogens is 1. The Balaban J connectivity index is 0. The number of nitrogens with two attached hydrogens (primary N) is 1. The first-order chi connectivity index (χ1) is 4.18. The summed E-state index contributed by atoms with van der Waals surface area (Å²) in [5, 5.41) is 7.32. The largest absolute Gasteiger partial charge is 0.359 e. The summed E-state index contributed by atoms with van der Waals surface area (Å²) in [7, 11) is 0. The Morgan fingerprint density at radius 2 is 2.11 bits per heavy atom. The number of nitrogens with zero attached hydrogens (tertiary/aromatic N) is 1. The van der Waals surface area contributed by atoms with Crippen molar-refractivity contribution in [3.8, 4) is 15.9 Å². The molecule has 0 radical (unpaired) electrons. The molecule has 0 aromatic carbocycles. The highest BCUT2D eigenvalue weighted by Crippen LogP contribution is 1.67. The van der Waals surface area contributed by atoms with Crippen LogP contribution < -0.4 is 5.73 Å². The van der Waals surface area contributed by atoms with Crippen LogP contribution >= 0.6 is 22.6 Å². The quantitative estimate of drug-likeness (QED) is 0.488. The minimum Gasteiger partial charge on any atom is -0.359 e. The van der Waals surface area contributed by atoms with E-state index in [-0.39, 0.29) is 0 Å². The van der Waals surface area contributed by atoms with Gasteiger partial charge in [-0.05, 0) is 3.93 Å². The van der Waals surface area contributed by atoms with Crippen molar-refractivity contribution in [1.82, 2.24) is 0 Å². The van der Waals surface area contributed by atoms with Crippen molar-refractivity contribution < 1.29 is 4.79 Å². The van der Waals surface area contributed by atoms with Gasteiger partial charge < -0.3 is 5.73 Å². The lowest BCUT2D eigenvalue weighted by atomic mass is 10.7. The zero-order chi connectivity index (χ0) is 7.70. The third-order valence-electron chi connectivity index (χ3n) is 0.170. The molecule has 0 spiro atoms. The summed E-state index contributed by atoms with van der Waals surface area (Å²) in [5.74, 6) is 1.50. The van der Waals surface area contributed by atoms with Crippen LogP contribution in [0.4, 0.5) is 0 Å². The molecule has 1 amide bonds. The predicted octanol–water partition coefficient (Wildman–Crippen LogP) is 0.397. The zero-order valence-electron chi connectivity index (χ0n) is 4.81. The van der Waals surface area contributed by atoms with Gasteiger partial charge in [0.05, 0.1) is 6.07 Å². The molecule has 4 heteroatoms. The molecule has 2 N–H and O–H groups in total. The van der Waals surface area contributed by atoms with E-state index in [4.69, 9.17) is 5.26 Å². The molecule has 0 fully saturated rings. The van der Waals surface area contributed by atoms with E-state index < -0.39 is 5.91 Å². The van der Waals surface area contributed by atoms with Crippen molar-refractivity contribution in [2.24, 2.45) is 5.73 Å². The number of primary amides is 1. The molecule has 0 aliphatic heterocycles. The molecule has 0 unspecified atom stereocenters. The van der Waals surface area contributed by atoms with E-state index in [9.17, 15) is 4.79 Å². The van der Waals surface area contributed by atoms with Gasteiger partial charge in [-0.25, -0.2) is 0 Å². The molecular weight excluding hydrogens is 231 g/mol. The van der Waals surface area contributed by atoms with Gasteiger partial charge in [0.25, 0.3) is 5.91 Å². The van der Waals surface area contributed by atoms with Crippen LogP contribution in [0.2, 0.25) is 0 Å². The topological polar surface area (TPSA) is 66.9 Å². The van der Waals surface area contributed by atoms with E-state index in [2.05, 4.69) is 15.6 Å².